The zero-order chi connectivity index (χ0) is 14.8. The molecule has 0 fully saturated rings. The van der Waals surface area contributed by atoms with Crippen LogP contribution in [0.25, 0.3) is 0 Å². The highest BCUT2D eigenvalue weighted by Gasteiger charge is 2.18. The van der Waals surface area contributed by atoms with Crippen molar-refractivity contribution in [2.75, 3.05) is 17.6 Å². The summed E-state index contributed by atoms with van der Waals surface area (Å²) >= 11 is 0. The Morgan fingerprint density at radius 2 is 2.05 bits per heavy atom. The van der Waals surface area contributed by atoms with Crippen LogP contribution in [-0.2, 0) is 18.9 Å². The normalized spacial score (nSPS) is 11.6. The van der Waals surface area contributed by atoms with Crippen LogP contribution in [0.1, 0.15) is 32.3 Å². The Kier molecular flexibility index (Phi) is 3.92. The third-order valence-corrected chi connectivity index (χ3v) is 3.03. The number of aryl methyl sites for hydroxylation is 1. The second kappa shape index (κ2) is 5.48. The molecule has 2 rings (SSSR count). The summed E-state index contributed by atoms with van der Waals surface area (Å²) in [6.07, 6.45) is 2.68. The number of nitrogen functional groups attached to an aromatic ring is 1. The van der Waals surface area contributed by atoms with Crippen molar-refractivity contribution in [3.8, 4) is 0 Å². The molecule has 0 saturated heterocycles. The van der Waals surface area contributed by atoms with Crippen LogP contribution in [0.5, 0.6) is 0 Å². The molecule has 0 radical (unpaired) electrons. The van der Waals surface area contributed by atoms with E-state index in [0.29, 0.717) is 5.82 Å². The van der Waals surface area contributed by atoms with Gasteiger partial charge in [0.2, 0.25) is 0 Å². The summed E-state index contributed by atoms with van der Waals surface area (Å²) in [6, 6.07) is 3.77. The number of aromatic nitrogens is 4. The standard InChI is InChI=1S/C14H22N6/c1-14(2,3)13-18-11(15)9-12(19-13)16-7-5-10-6-8-17-20(10)4/h6,8-9H,5,7H2,1-4H3,(H3,15,16,18,19). The fraction of sp³-hybridized carbons (Fsp3) is 0.500. The molecule has 0 amide bonds. The Labute approximate surface area is 119 Å². The first-order chi connectivity index (χ1) is 9.36. The van der Waals surface area contributed by atoms with E-state index in [1.165, 1.54) is 5.69 Å². The van der Waals surface area contributed by atoms with Gasteiger partial charge in [-0.2, -0.15) is 5.10 Å². The summed E-state index contributed by atoms with van der Waals surface area (Å²) in [4.78, 5) is 8.81. The lowest BCUT2D eigenvalue weighted by atomic mass is 9.96. The Morgan fingerprint density at radius 1 is 1.30 bits per heavy atom. The number of anilines is 2. The quantitative estimate of drug-likeness (QED) is 0.887. The summed E-state index contributed by atoms with van der Waals surface area (Å²) in [5.41, 5.74) is 6.90. The number of hydrogen-bond acceptors (Lipinski definition) is 5. The van der Waals surface area contributed by atoms with Crippen molar-refractivity contribution in [2.24, 2.45) is 7.05 Å². The average molecular weight is 274 g/mol. The van der Waals surface area contributed by atoms with Gasteiger partial charge in [0.05, 0.1) is 0 Å². The van der Waals surface area contributed by atoms with Crippen LogP contribution < -0.4 is 11.1 Å². The molecule has 0 aliphatic rings. The van der Waals surface area contributed by atoms with Gasteiger partial charge in [0, 0.05) is 43.4 Å². The van der Waals surface area contributed by atoms with Crippen molar-refractivity contribution in [2.45, 2.75) is 32.6 Å². The summed E-state index contributed by atoms with van der Waals surface area (Å²) in [5, 5.41) is 7.44. The maximum atomic E-state index is 5.84. The van der Waals surface area contributed by atoms with Gasteiger partial charge in [-0.3, -0.25) is 4.68 Å². The Morgan fingerprint density at radius 3 is 2.65 bits per heavy atom. The monoisotopic (exact) mass is 274 g/mol. The zero-order valence-corrected chi connectivity index (χ0v) is 12.5. The van der Waals surface area contributed by atoms with E-state index in [0.717, 1.165) is 24.6 Å². The van der Waals surface area contributed by atoms with Crippen LogP contribution in [0.2, 0.25) is 0 Å². The number of nitrogens with one attached hydrogen (secondary N) is 1. The van der Waals surface area contributed by atoms with E-state index in [9.17, 15) is 0 Å². The van der Waals surface area contributed by atoms with E-state index in [-0.39, 0.29) is 5.41 Å². The minimum atomic E-state index is -0.117. The van der Waals surface area contributed by atoms with Crippen molar-refractivity contribution in [1.82, 2.24) is 19.7 Å². The molecule has 2 heterocycles. The van der Waals surface area contributed by atoms with E-state index in [1.54, 1.807) is 12.3 Å². The summed E-state index contributed by atoms with van der Waals surface area (Å²) in [5.74, 6) is 2.01. The van der Waals surface area contributed by atoms with Crippen molar-refractivity contribution < 1.29 is 0 Å². The number of hydrogen-bond donors (Lipinski definition) is 2. The maximum absolute atomic E-state index is 5.84. The molecule has 0 spiro atoms. The molecule has 0 atom stereocenters. The summed E-state index contributed by atoms with van der Waals surface area (Å²) in [6.45, 7) is 6.99. The highest BCUT2D eigenvalue weighted by molar-refractivity contribution is 5.45. The van der Waals surface area contributed by atoms with Crippen molar-refractivity contribution in [3.05, 3.63) is 29.8 Å². The van der Waals surface area contributed by atoms with Crippen LogP contribution in [0.4, 0.5) is 11.6 Å². The van der Waals surface area contributed by atoms with Crippen molar-refractivity contribution >= 4 is 11.6 Å². The number of nitrogens with two attached hydrogens (primary N) is 1. The molecular weight excluding hydrogens is 252 g/mol. The molecule has 2 aromatic heterocycles. The van der Waals surface area contributed by atoms with Gasteiger partial charge in [0.1, 0.15) is 17.5 Å². The molecule has 6 heteroatoms. The second-order valence-corrected chi connectivity index (χ2v) is 5.87. The van der Waals surface area contributed by atoms with Gasteiger partial charge in [0.25, 0.3) is 0 Å². The minimum Gasteiger partial charge on any atom is -0.384 e. The van der Waals surface area contributed by atoms with Crippen LogP contribution in [0.3, 0.4) is 0 Å². The molecule has 6 nitrogen and oxygen atoms in total. The first-order valence-electron chi connectivity index (χ1n) is 6.72. The van der Waals surface area contributed by atoms with E-state index in [4.69, 9.17) is 5.73 Å². The predicted molar refractivity (Wildman–Crippen MR) is 80.5 cm³/mol. The van der Waals surface area contributed by atoms with E-state index < -0.39 is 0 Å². The molecule has 0 bridgehead atoms. The van der Waals surface area contributed by atoms with E-state index in [2.05, 4.69) is 41.2 Å². The molecule has 3 N–H and O–H groups in total. The average Bonchev–Trinajstić information content (AvgIpc) is 2.73. The third kappa shape index (κ3) is 3.46. The highest BCUT2D eigenvalue weighted by atomic mass is 15.3. The number of nitrogens with zero attached hydrogens (tertiary/aromatic N) is 4. The Bertz CT molecular complexity index is 582. The Hall–Kier alpha value is -2.11. The zero-order valence-electron chi connectivity index (χ0n) is 12.5. The van der Waals surface area contributed by atoms with E-state index >= 15 is 0 Å². The Balaban J connectivity index is 2.03. The lowest BCUT2D eigenvalue weighted by Crippen LogP contribution is -2.19. The molecule has 0 aliphatic carbocycles. The van der Waals surface area contributed by atoms with Crippen molar-refractivity contribution in [1.29, 1.82) is 0 Å². The van der Waals surface area contributed by atoms with Crippen LogP contribution >= 0.6 is 0 Å². The lowest BCUT2D eigenvalue weighted by molar-refractivity contribution is 0.547. The van der Waals surface area contributed by atoms with Crippen LogP contribution in [0, 0.1) is 0 Å². The molecule has 0 saturated carbocycles. The fourth-order valence-corrected chi connectivity index (χ4v) is 1.86. The summed E-state index contributed by atoms with van der Waals surface area (Å²) in [7, 11) is 1.94. The molecular formula is C14H22N6. The molecule has 108 valence electrons. The smallest absolute Gasteiger partial charge is 0.138 e. The first-order valence-corrected chi connectivity index (χ1v) is 6.72. The predicted octanol–water partition coefficient (Wildman–Crippen LogP) is 1.74. The molecule has 2 aromatic rings. The first kappa shape index (κ1) is 14.3. The lowest BCUT2D eigenvalue weighted by Gasteiger charge is -2.18. The molecule has 0 aliphatic heterocycles. The number of rotatable bonds is 4. The van der Waals surface area contributed by atoms with Gasteiger partial charge in [-0.1, -0.05) is 20.8 Å². The van der Waals surface area contributed by atoms with Crippen LogP contribution in [0.15, 0.2) is 18.3 Å². The van der Waals surface area contributed by atoms with Gasteiger partial charge in [0.15, 0.2) is 0 Å². The maximum Gasteiger partial charge on any atom is 0.138 e. The van der Waals surface area contributed by atoms with Gasteiger partial charge in [-0.25, -0.2) is 9.97 Å². The van der Waals surface area contributed by atoms with Gasteiger partial charge in [-0.05, 0) is 6.07 Å². The van der Waals surface area contributed by atoms with Crippen LogP contribution in [-0.4, -0.2) is 26.3 Å². The van der Waals surface area contributed by atoms with Gasteiger partial charge in [-0.15, -0.1) is 0 Å². The highest BCUT2D eigenvalue weighted by Crippen LogP contribution is 2.21. The largest absolute Gasteiger partial charge is 0.384 e. The van der Waals surface area contributed by atoms with Gasteiger partial charge >= 0.3 is 0 Å². The third-order valence-electron chi connectivity index (χ3n) is 3.03. The van der Waals surface area contributed by atoms with E-state index in [1.807, 2.05) is 17.8 Å². The molecule has 0 aromatic carbocycles. The SMILES string of the molecule is Cn1nccc1CCNc1cc(N)nc(C(C)(C)C)n1. The summed E-state index contributed by atoms with van der Waals surface area (Å²) < 4.78 is 1.87. The van der Waals surface area contributed by atoms with Crippen molar-refractivity contribution in [3.63, 3.8) is 0 Å². The fourth-order valence-electron chi connectivity index (χ4n) is 1.86. The molecule has 0 unspecified atom stereocenters. The topological polar surface area (TPSA) is 81.7 Å². The van der Waals surface area contributed by atoms with Gasteiger partial charge < -0.3 is 11.1 Å². The second-order valence-electron chi connectivity index (χ2n) is 5.87. The minimum absolute atomic E-state index is 0.117. The molecule has 20 heavy (non-hydrogen) atoms.